The molecule has 2 rings (SSSR count). The van der Waals surface area contributed by atoms with Crippen molar-refractivity contribution in [3.8, 4) is 0 Å². The maximum absolute atomic E-state index is 4.87. The minimum absolute atomic E-state index is 0.115. The fourth-order valence-corrected chi connectivity index (χ4v) is 4.33. The van der Waals surface area contributed by atoms with Crippen molar-refractivity contribution in [1.82, 2.24) is 10.3 Å². The Balaban J connectivity index is 2.34. The lowest BCUT2D eigenvalue weighted by Crippen LogP contribution is -2.50. The predicted octanol–water partition coefficient (Wildman–Crippen LogP) is 4.41. The van der Waals surface area contributed by atoms with Gasteiger partial charge in [0.1, 0.15) is 5.01 Å². The topological polar surface area (TPSA) is 24.9 Å². The van der Waals surface area contributed by atoms with Gasteiger partial charge in [0.25, 0.3) is 0 Å². The van der Waals surface area contributed by atoms with E-state index < -0.39 is 0 Å². The molecule has 1 heterocycles. The molecular weight excluding hydrogens is 252 g/mol. The zero-order chi connectivity index (χ0) is 14.2. The van der Waals surface area contributed by atoms with Gasteiger partial charge in [-0.1, -0.05) is 13.8 Å². The van der Waals surface area contributed by atoms with Crippen LogP contribution >= 0.6 is 11.3 Å². The van der Waals surface area contributed by atoms with Gasteiger partial charge in [-0.25, -0.2) is 4.98 Å². The molecule has 1 N–H and O–H groups in total. The number of hydrogen-bond acceptors (Lipinski definition) is 3. The summed E-state index contributed by atoms with van der Waals surface area (Å²) in [5, 5.41) is 5.17. The number of nitrogens with one attached hydrogen (secondary N) is 1. The van der Waals surface area contributed by atoms with Crippen molar-refractivity contribution < 1.29 is 0 Å². The molecule has 0 spiro atoms. The first-order valence-electron chi connectivity index (χ1n) is 7.56. The van der Waals surface area contributed by atoms with Crippen LogP contribution in [0.3, 0.4) is 0 Å². The maximum Gasteiger partial charge on any atom is 0.113 e. The first-order valence-corrected chi connectivity index (χ1v) is 8.38. The predicted molar refractivity (Wildman–Crippen MR) is 83.7 cm³/mol. The second kappa shape index (κ2) is 5.53. The average Bonchev–Trinajstić information content (AvgIpc) is 2.64. The highest BCUT2D eigenvalue weighted by atomic mass is 32.1. The molecule has 0 amide bonds. The Hall–Kier alpha value is -0.410. The molecule has 1 aromatic heterocycles. The van der Waals surface area contributed by atoms with Crippen LogP contribution in [0.5, 0.6) is 0 Å². The van der Waals surface area contributed by atoms with Gasteiger partial charge in [0.2, 0.25) is 0 Å². The van der Waals surface area contributed by atoms with Crippen molar-refractivity contribution in [2.75, 3.05) is 0 Å². The van der Waals surface area contributed by atoms with Crippen molar-refractivity contribution in [2.24, 2.45) is 11.8 Å². The van der Waals surface area contributed by atoms with E-state index in [1.165, 1.54) is 34.8 Å². The summed E-state index contributed by atoms with van der Waals surface area (Å²) in [6.07, 6.45) is 3.75. The van der Waals surface area contributed by atoms with Gasteiger partial charge in [0.15, 0.2) is 0 Å². The molecule has 0 saturated heterocycles. The summed E-state index contributed by atoms with van der Waals surface area (Å²) in [5.74, 6) is 1.61. The van der Waals surface area contributed by atoms with Gasteiger partial charge in [-0.15, -0.1) is 11.3 Å². The third kappa shape index (κ3) is 3.03. The summed E-state index contributed by atoms with van der Waals surface area (Å²) < 4.78 is 0. The van der Waals surface area contributed by atoms with E-state index in [0.29, 0.717) is 6.04 Å². The standard InChI is InChI=1S/C16H28N2S/c1-10(2)18-16(8-7-11(3)12(4)9-16)15-17-13(5)14(6)19-15/h10-12,18H,7-9H2,1-6H3. The Bertz CT molecular complexity index is 418. The van der Waals surface area contributed by atoms with Gasteiger partial charge in [0.05, 0.1) is 11.2 Å². The van der Waals surface area contributed by atoms with E-state index in [-0.39, 0.29) is 5.54 Å². The van der Waals surface area contributed by atoms with Crippen molar-refractivity contribution in [3.63, 3.8) is 0 Å². The molecule has 1 aromatic rings. The third-order valence-electron chi connectivity index (χ3n) is 4.67. The lowest BCUT2D eigenvalue weighted by atomic mass is 9.71. The van der Waals surface area contributed by atoms with Crippen LogP contribution < -0.4 is 5.32 Å². The van der Waals surface area contributed by atoms with Gasteiger partial charge in [-0.2, -0.15) is 0 Å². The number of rotatable bonds is 3. The van der Waals surface area contributed by atoms with Crippen molar-refractivity contribution in [3.05, 3.63) is 15.6 Å². The summed E-state index contributed by atoms with van der Waals surface area (Å²) in [4.78, 5) is 6.24. The summed E-state index contributed by atoms with van der Waals surface area (Å²) in [6, 6.07) is 0.505. The largest absolute Gasteiger partial charge is 0.303 e. The highest BCUT2D eigenvalue weighted by molar-refractivity contribution is 7.11. The Morgan fingerprint density at radius 3 is 2.42 bits per heavy atom. The molecule has 0 aromatic carbocycles. The van der Waals surface area contributed by atoms with E-state index in [1.54, 1.807) is 0 Å². The van der Waals surface area contributed by atoms with Crippen LogP contribution in [0.15, 0.2) is 0 Å². The van der Waals surface area contributed by atoms with E-state index in [9.17, 15) is 0 Å². The highest BCUT2D eigenvalue weighted by Crippen LogP contribution is 2.44. The summed E-state index contributed by atoms with van der Waals surface area (Å²) in [7, 11) is 0. The van der Waals surface area contributed by atoms with Gasteiger partial charge in [-0.05, 0) is 58.8 Å². The van der Waals surface area contributed by atoms with Crippen LogP contribution in [-0.2, 0) is 5.54 Å². The number of thiazole rings is 1. The maximum atomic E-state index is 4.87. The molecule has 2 nitrogen and oxygen atoms in total. The molecule has 3 atom stereocenters. The van der Waals surface area contributed by atoms with Crippen molar-refractivity contribution in [1.29, 1.82) is 0 Å². The quantitative estimate of drug-likeness (QED) is 0.887. The number of nitrogens with zero attached hydrogens (tertiary/aromatic N) is 1. The molecular formula is C16H28N2S. The van der Waals surface area contributed by atoms with Crippen LogP contribution in [0, 0.1) is 25.7 Å². The van der Waals surface area contributed by atoms with Crippen LogP contribution in [0.2, 0.25) is 0 Å². The summed E-state index contributed by atoms with van der Waals surface area (Å²) in [6.45, 7) is 13.6. The highest BCUT2D eigenvalue weighted by Gasteiger charge is 2.41. The number of hydrogen-bond donors (Lipinski definition) is 1. The second-order valence-electron chi connectivity index (χ2n) is 6.74. The average molecular weight is 280 g/mol. The van der Waals surface area contributed by atoms with E-state index in [4.69, 9.17) is 4.98 Å². The van der Waals surface area contributed by atoms with Crippen LogP contribution in [0.1, 0.15) is 62.5 Å². The first-order chi connectivity index (χ1) is 8.84. The second-order valence-corrected chi connectivity index (χ2v) is 7.94. The van der Waals surface area contributed by atoms with Crippen LogP contribution in [0.4, 0.5) is 0 Å². The summed E-state index contributed by atoms with van der Waals surface area (Å²) >= 11 is 1.89. The SMILES string of the molecule is Cc1nc(C2(NC(C)C)CCC(C)C(C)C2)sc1C. The minimum Gasteiger partial charge on any atom is -0.303 e. The van der Waals surface area contributed by atoms with E-state index in [2.05, 4.69) is 46.9 Å². The molecule has 1 saturated carbocycles. The Morgan fingerprint density at radius 1 is 1.26 bits per heavy atom. The lowest BCUT2D eigenvalue weighted by molar-refractivity contribution is 0.131. The van der Waals surface area contributed by atoms with Crippen LogP contribution in [-0.4, -0.2) is 11.0 Å². The molecule has 108 valence electrons. The van der Waals surface area contributed by atoms with Crippen LogP contribution in [0.25, 0.3) is 0 Å². The molecule has 0 bridgehead atoms. The Morgan fingerprint density at radius 2 is 1.95 bits per heavy atom. The fourth-order valence-electron chi connectivity index (χ4n) is 3.23. The first kappa shape index (κ1) is 15.0. The molecule has 0 aliphatic heterocycles. The monoisotopic (exact) mass is 280 g/mol. The Kier molecular flexibility index (Phi) is 4.36. The molecule has 1 aliphatic carbocycles. The molecule has 3 heteroatoms. The smallest absolute Gasteiger partial charge is 0.113 e. The van der Waals surface area contributed by atoms with Gasteiger partial charge < -0.3 is 5.32 Å². The molecule has 3 unspecified atom stereocenters. The lowest BCUT2D eigenvalue weighted by Gasteiger charge is -2.43. The minimum atomic E-state index is 0.115. The Labute approximate surface area is 122 Å². The molecule has 19 heavy (non-hydrogen) atoms. The number of aromatic nitrogens is 1. The third-order valence-corrected chi connectivity index (χ3v) is 5.95. The fraction of sp³-hybridized carbons (Fsp3) is 0.812. The van der Waals surface area contributed by atoms with Crippen molar-refractivity contribution >= 4 is 11.3 Å². The normalized spacial score (nSPS) is 31.9. The summed E-state index contributed by atoms with van der Waals surface area (Å²) in [5.41, 5.74) is 1.32. The van der Waals surface area contributed by atoms with E-state index in [0.717, 1.165) is 11.8 Å². The number of aryl methyl sites for hydroxylation is 2. The molecule has 1 fully saturated rings. The zero-order valence-electron chi connectivity index (χ0n) is 13.2. The van der Waals surface area contributed by atoms with E-state index in [1.807, 2.05) is 11.3 Å². The van der Waals surface area contributed by atoms with E-state index >= 15 is 0 Å². The molecule has 1 aliphatic rings. The van der Waals surface area contributed by atoms with Gasteiger partial charge in [-0.3, -0.25) is 0 Å². The van der Waals surface area contributed by atoms with Gasteiger partial charge >= 0.3 is 0 Å². The van der Waals surface area contributed by atoms with Gasteiger partial charge in [0, 0.05) is 10.9 Å². The van der Waals surface area contributed by atoms with Crippen molar-refractivity contribution in [2.45, 2.75) is 72.4 Å². The molecule has 0 radical (unpaired) electrons. The zero-order valence-corrected chi connectivity index (χ0v) is 14.0.